The van der Waals surface area contributed by atoms with Crippen molar-refractivity contribution in [3.05, 3.63) is 23.8 Å². The maximum Gasteiger partial charge on any atom is 0.235 e. The minimum Gasteiger partial charge on any atom is -0.325 e. The third kappa shape index (κ3) is 1.10. The second kappa shape index (κ2) is 3.01. The van der Waals surface area contributed by atoms with E-state index in [1.54, 1.807) is 11.8 Å². The van der Waals surface area contributed by atoms with E-state index in [0.29, 0.717) is 0 Å². The zero-order valence-corrected chi connectivity index (χ0v) is 9.49. The number of fused-ring (bicyclic) bond motifs is 2. The summed E-state index contributed by atoms with van der Waals surface area (Å²) in [5.74, 6) is 0.210. The molecule has 1 aromatic rings. The molecule has 1 heterocycles. The quantitative estimate of drug-likeness (QED) is 0.736. The minimum absolute atomic E-state index is 0.166. The number of thioether (sulfide) groups is 1. The van der Waals surface area contributed by atoms with Crippen LogP contribution in [-0.2, 0) is 10.2 Å². The van der Waals surface area contributed by atoms with E-state index in [2.05, 4.69) is 23.7 Å². The van der Waals surface area contributed by atoms with Gasteiger partial charge in [-0.3, -0.25) is 4.79 Å². The van der Waals surface area contributed by atoms with Crippen molar-refractivity contribution in [3.63, 3.8) is 0 Å². The highest BCUT2D eigenvalue weighted by atomic mass is 32.2. The number of anilines is 1. The monoisotopic (exact) mass is 219 g/mol. The molecule has 2 nitrogen and oxygen atoms in total. The Hall–Kier alpha value is -0.960. The van der Waals surface area contributed by atoms with Crippen molar-refractivity contribution in [1.29, 1.82) is 0 Å². The number of carbonyl (C=O) groups is 1. The second-order valence-corrected chi connectivity index (χ2v) is 5.18. The van der Waals surface area contributed by atoms with Crippen LogP contribution < -0.4 is 5.32 Å². The van der Waals surface area contributed by atoms with E-state index in [-0.39, 0.29) is 11.3 Å². The number of nitrogens with one attached hydrogen (secondary N) is 1. The molecule has 0 atom stereocenters. The van der Waals surface area contributed by atoms with Gasteiger partial charge in [0, 0.05) is 10.6 Å². The standard InChI is InChI=1S/C12H13NOS/c1-15-8-3-4-10-9(7-8)12(5-2-6-12)11(14)13-10/h3-4,7H,2,5-6H2,1H3,(H,13,14). The fourth-order valence-corrected chi connectivity index (χ4v) is 2.99. The molecule has 1 aliphatic heterocycles. The van der Waals surface area contributed by atoms with E-state index in [9.17, 15) is 4.79 Å². The lowest BCUT2D eigenvalue weighted by atomic mass is 9.65. The summed E-state index contributed by atoms with van der Waals surface area (Å²) >= 11 is 1.73. The number of benzene rings is 1. The van der Waals surface area contributed by atoms with Gasteiger partial charge in [-0.1, -0.05) is 6.42 Å². The van der Waals surface area contributed by atoms with Crippen molar-refractivity contribution in [1.82, 2.24) is 0 Å². The summed E-state index contributed by atoms with van der Waals surface area (Å²) in [6, 6.07) is 6.28. The third-order valence-electron chi connectivity index (χ3n) is 3.63. The number of carbonyl (C=O) groups excluding carboxylic acids is 1. The van der Waals surface area contributed by atoms with Gasteiger partial charge in [0.15, 0.2) is 0 Å². The van der Waals surface area contributed by atoms with Crippen molar-refractivity contribution >= 4 is 23.4 Å². The fraction of sp³-hybridized carbons (Fsp3) is 0.417. The van der Waals surface area contributed by atoms with Crippen molar-refractivity contribution in [2.24, 2.45) is 0 Å². The summed E-state index contributed by atoms with van der Waals surface area (Å²) in [6.07, 6.45) is 5.28. The van der Waals surface area contributed by atoms with Gasteiger partial charge in [-0.15, -0.1) is 11.8 Å². The van der Waals surface area contributed by atoms with Crippen LogP contribution in [0, 0.1) is 0 Å². The third-order valence-corrected chi connectivity index (χ3v) is 4.36. The highest BCUT2D eigenvalue weighted by Crippen LogP contribution is 2.51. The zero-order chi connectivity index (χ0) is 10.5. The Morgan fingerprint density at radius 1 is 1.40 bits per heavy atom. The molecule has 1 amide bonds. The van der Waals surface area contributed by atoms with Crippen LogP contribution in [0.25, 0.3) is 0 Å². The van der Waals surface area contributed by atoms with Gasteiger partial charge in [0.25, 0.3) is 0 Å². The Bertz CT molecular complexity index is 437. The van der Waals surface area contributed by atoms with Crippen LogP contribution in [0.2, 0.25) is 0 Å². The van der Waals surface area contributed by atoms with Crippen LogP contribution in [0.1, 0.15) is 24.8 Å². The molecule has 1 saturated carbocycles. The van der Waals surface area contributed by atoms with Gasteiger partial charge in [0.05, 0.1) is 5.41 Å². The summed E-state index contributed by atoms with van der Waals surface area (Å²) in [5.41, 5.74) is 2.09. The van der Waals surface area contributed by atoms with Crippen LogP contribution in [0.4, 0.5) is 5.69 Å². The molecule has 1 aromatic carbocycles. The Morgan fingerprint density at radius 3 is 2.80 bits per heavy atom. The Balaban J connectivity index is 2.14. The summed E-state index contributed by atoms with van der Waals surface area (Å²) in [6.45, 7) is 0. The van der Waals surface area contributed by atoms with Gasteiger partial charge in [-0.2, -0.15) is 0 Å². The lowest BCUT2D eigenvalue weighted by Crippen LogP contribution is -2.40. The van der Waals surface area contributed by atoms with E-state index in [1.807, 2.05) is 6.07 Å². The van der Waals surface area contributed by atoms with E-state index in [0.717, 1.165) is 18.5 Å². The summed E-state index contributed by atoms with van der Waals surface area (Å²) in [7, 11) is 0. The van der Waals surface area contributed by atoms with Gasteiger partial charge in [0.1, 0.15) is 0 Å². The largest absolute Gasteiger partial charge is 0.325 e. The highest BCUT2D eigenvalue weighted by molar-refractivity contribution is 7.98. The number of hydrogen-bond acceptors (Lipinski definition) is 2. The molecule has 3 rings (SSSR count). The zero-order valence-electron chi connectivity index (χ0n) is 8.67. The van der Waals surface area contributed by atoms with Crippen LogP contribution >= 0.6 is 11.8 Å². The molecule has 0 unspecified atom stereocenters. The van der Waals surface area contributed by atoms with Crippen molar-refractivity contribution in [2.45, 2.75) is 29.6 Å². The van der Waals surface area contributed by atoms with Crippen LogP contribution in [-0.4, -0.2) is 12.2 Å². The van der Waals surface area contributed by atoms with Gasteiger partial charge in [-0.25, -0.2) is 0 Å². The number of amides is 1. The van der Waals surface area contributed by atoms with E-state index in [1.165, 1.54) is 16.9 Å². The minimum atomic E-state index is -0.166. The molecule has 0 saturated heterocycles. The Kier molecular flexibility index (Phi) is 1.87. The maximum atomic E-state index is 11.9. The average molecular weight is 219 g/mol. The first-order valence-electron chi connectivity index (χ1n) is 5.26. The predicted molar refractivity (Wildman–Crippen MR) is 62.4 cm³/mol. The van der Waals surface area contributed by atoms with Gasteiger partial charge >= 0.3 is 0 Å². The van der Waals surface area contributed by atoms with Gasteiger partial charge in [-0.05, 0) is 42.9 Å². The molecule has 1 N–H and O–H groups in total. The van der Waals surface area contributed by atoms with Crippen molar-refractivity contribution < 1.29 is 4.79 Å². The predicted octanol–water partition coefficient (Wildman–Crippen LogP) is 2.78. The van der Waals surface area contributed by atoms with Crippen LogP contribution in [0.5, 0.6) is 0 Å². The van der Waals surface area contributed by atoms with Crippen molar-refractivity contribution in [3.8, 4) is 0 Å². The van der Waals surface area contributed by atoms with Crippen molar-refractivity contribution in [2.75, 3.05) is 11.6 Å². The molecule has 78 valence electrons. The number of hydrogen-bond donors (Lipinski definition) is 1. The second-order valence-electron chi connectivity index (χ2n) is 4.30. The molecular weight excluding hydrogens is 206 g/mol. The molecule has 0 aromatic heterocycles. The van der Waals surface area contributed by atoms with Gasteiger partial charge < -0.3 is 5.32 Å². The molecule has 15 heavy (non-hydrogen) atoms. The number of rotatable bonds is 1. The Morgan fingerprint density at radius 2 is 2.20 bits per heavy atom. The molecule has 0 bridgehead atoms. The summed E-state index contributed by atoms with van der Waals surface area (Å²) in [4.78, 5) is 13.2. The first kappa shape index (κ1) is 9.28. The van der Waals surface area contributed by atoms with Crippen LogP contribution in [0.15, 0.2) is 23.1 Å². The first-order valence-corrected chi connectivity index (χ1v) is 6.49. The molecule has 2 aliphatic rings. The van der Waals surface area contributed by atoms with E-state index < -0.39 is 0 Å². The SMILES string of the molecule is CSc1ccc2c(c1)C1(CCC1)C(=O)N2. The lowest BCUT2D eigenvalue weighted by molar-refractivity contribution is -0.123. The normalized spacial score (nSPS) is 21.0. The highest BCUT2D eigenvalue weighted by Gasteiger charge is 2.50. The molecule has 0 radical (unpaired) electrons. The molecular formula is C12H13NOS. The van der Waals surface area contributed by atoms with E-state index in [4.69, 9.17) is 0 Å². The fourth-order valence-electron chi connectivity index (χ4n) is 2.55. The molecule has 1 spiro atoms. The maximum absolute atomic E-state index is 11.9. The van der Waals surface area contributed by atoms with Gasteiger partial charge in [0.2, 0.25) is 5.91 Å². The molecule has 3 heteroatoms. The lowest BCUT2D eigenvalue weighted by Gasteiger charge is -2.36. The summed E-state index contributed by atoms with van der Waals surface area (Å²) in [5, 5.41) is 2.99. The van der Waals surface area contributed by atoms with E-state index >= 15 is 0 Å². The smallest absolute Gasteiger partial charge is 0.235 e. The first-order chi connectivity index (χ1) is 7.26. The molecule has 1 aliphatic carbocycles. The average Bonchev–Trinajstić information content (AvgIpc) is 2.47. The summed E-state index contributed by atoms with van der Waals surface area (Å²) < 4.78 is 0. The Labute approximate surface area is 93.4 Å². The topological polar surface area (TPSA) is 29.1 Å². The molecule has 1 fully saturated rings. The van der Waals surface area contributed by atoms with Crippen LogP contribution in [0.3, 0.4) is 0 Å².